The van der Waals surface area contributed by atoms with Gasteiger partial charge >= 0.3 is 11.9 Å². The minimum absolute atomic E-state index is 0.0607. The molecule has 2 aromatic carbocycles. The number of aliphatic hydroxyl groups is 1. The lowest BCUT2D eigenvalue weighted by Gasteiger charge is -2.23. The van der Waals surface area contributed by atoms with Crippen LogP contribution in [0.1, 0.15) is 64.3 Å². The molecule has 1 amide bonds. The first kappa shape index (κ1) is 27.1. The average Bonchev–Trinajstić information content (AvgIpc) is 3.43. The highest BCUT2D eigenvalue weighted by molar-refractivity contribution is 7.17. The number of aliphatic hydroxyl groups excluding tert-OH is 1. The maximum Gasteiger partial charge on any atom is 0.350 e. The number of benzene rings is 2. The molecule has 1 atom stereocenters. The fraction of sp³-hybridized carbons (Fsp3) is 0.310. The summed E-state index contributed by atoms with van der Waals surface area (Å²) < 4.78 is 10.8. The molecule has 1 fully saturated rings. The first-order chi connectivity index (χ1) is 18.3. The molecule has 0 bridgehead atoms. The Bertz CT molecular complexity index is 1390. The van der Waals surface area contributed by atoms with Crippen LogP contribution in [0.4, 0.5) is 5.13 Å². The van der Waals surface area contributed by atoms with E-state index in [1.165, 1.54) is 12.0 Å². The Labute approximate surface area is 225 Å². The van der Waals surface area contributed by atoms with E-state index in [2.05, 4.69) is 11.9 Å². The zero-order chi connectivity index (χ0) is 27.4. The Morgan fingerprint density at radius 1 is 1.11 bits per heavy atom. The zero-order valence-electron chi connectivity index (χ0n) is 21.8. The summed E-state index contributed by atoms with van der Waals surface area (Å²) in [4.78, 5) is 45.0. The number of aromatic nitrogens is 1. The number of carbonyl (C=O) groups is 3. The van der Waals surface area contributed by atoms with E-state index >= 15 is 0 Å². The van der Waals surface area contributed by atoms with Gasteiger partial charge in [0.2, 0.25) is 0 Å². The molecule has 0 aliphatic carbocycles. The van der Waals surface area contributed by atoms with E-state index < -0.39 is 23.7 Å². The summed E-state index contributed by atoms with van der Waals surface area (Å²) in [6.45, 7) is 6.20. The number of rotatable bonds is 9. The summed E-state index contributed by atoms with van der Waals surface area (Å²) in [7, 11) is 1.26. The molecule has 1 aromatic heterocycles. The monoisotopic (exact) mass is 534 g/mol. The van der Waals surface area contributed by atoms with E-state index in [0.29, 0.717) is 29.2 Å². The Kier molecular flexibility index (Phi) is 8.26. The van der Waals surface area contributed by atoms with Crippen molar-refractivity contribution in [1.82, 2.24) is 4.98 Å². The summed E-state index contributed by atoms with van der Waals surface area (Å²) in [5.74, 6) is -1.96. The highest BCUT2D eigenvalue weighted by Gasteiger charge is 2.48. The molecule has 2 heterocycles. The minimum Gasteiger partial charge on any atom is -0.507 e. The second kappa shape index (κ2) is 11.6. The Hall–Kier alpha value is -3.98. The SMILES string of the molecule is CCCCCOc1cccc(C2/C(=C(\O)c3ccc(C)cc3)C(=O)C(=O)N2c2nc(C)c(C(=O)OC)s2)c1. The highest BCUT2D eigenvalue weighted by Crippen LogP contribution is 2.44. The topological polar surface area (TPSA) is 106 Å². The van der Waals surface area contributed by atoms with Gasteiger partial charge in [0, 0.05) is 5.56 Å². The van der Waals surface area contributed by atoms with E-state index in [9.17, 15) is 19.5 Å². The zero-order valence-corrected chi connectivity index (χ0v) is 22.6. The standard InChI is InChI=1S/C29H30N2O6S/c1-5-6-7-15-37-21-10-8-9-20(16-21)23-22(24(32)19-13-11-17(2)12-14-19)25(33)27(34)31(23)29-30-18(3)26(38-29)28(35)36-4/h8-14,16,23,32H,5-7,15H2,1-4H3/b24-22+. The maximum absolute atomic E-state index is 13.4. The third-order valence-corrected chi connectivity index (χ3v) is 7.46. The smallest absolute Gasteiger partial charge is 0.350 e. The molecule has 3 aromatic rings. The van der Waals surface area contributed by atoms with Crippen molar-refractivity contribution < 1.29 is 29.0 Å². The van der Waals surface area contributed by atoms with E-state index in [1.54, 1.807) is 37.3 Å². The van der Waals surface area contributed by atoms with Gasteiger partial charge in [-0.25, -0.2) is 9.78 Å². The van der Waals surface area contributed by atoms with Gasteiger partial charge in [0.1, 0.15) is 16.4 Å². The number of unbranched alkanes of at least 4 members (excludes halogenated alkanes) is 2. The van der Waals surface area contributed by atoms with Crippen LogP contribution in [0, 0.1) is 13.8 Å². The number of hydrogen-bond acceptors (Lipinski definition) is 8. The summed E-state index contributed by atoms with van der Waals surface area (Å²) in [5, 5.41) is 11.5. The fourth-order valence-electron chi connectivity index (χ4n) is 4.30. The third-order valence-electron chi connectivity index (χ3n) is 6.32. The van der Waals surface area contributed by atoms with Crippen molar-refractivity contribution in [2.24, 2.45) is 0 Å². The molecule has 1 N–H and O–H groups in total. The van der Waals surface area contributed by atoms with Crippen LogP contribution in [0.25, 0.3) is 5.76 Å². The van der Waals surface area contributed by atoms with Crippen LogP contribution >= 0.6 is 11.3 Å². The van der Waals surface area contributed by atoms with E-state index in [0.717, 1.165) is 36.2 Å². The molecular formula is C29H30N2O6S. The second-order valence-corrected chi connectivity index (χ2v) is 10.0. The van der Waals surface area contributed by atoms with Gasteiger partial charge in [-0.1, -0.05) is 73.1 Å². The third kappa shape index (κ3) is 5.33. The Morgan fingerprint density at radius 2 is 1.84 bits per heavy atom. The van der Waals surface area contributed by atoms with E-state index in [1.807, 2.05) is 25.1 Å². The van der Waals surface area contributed by atoms with Gasteiger partial charge in [0.15, 0.2) is 5.13 Å². The molecule has 8 nitrogen and oxygen atoms in total. The van der Waals surface area contributed by atoms with Crippen LogP contribution in [0.3, 0.4) is 0 Å². The van der Waals surface area contributed by atoms with Crippen LogP contribution in [0.2, 0.25) is 0 Å². The van der Waals surface area contributed by atoms with Crippen molar-refractivity contribution in [2.75, 3.05) is 18.6 Å². The van der Waals surface area contributed by atoms with E-state index in [4.69, 9.17) is 9.47 Å². The average molecular weight is 535 g/mol. The van der Waals surface area contributed by atoms with Crippen molar-refractivity contribution in [2.45, 2.75) is 46.1 Å². The predicted octanol–water partition coefficient (Wildman–Crippen LogP) is 5.74. The molecule has 1 aliphatic heterocycles. The molecule has 198 valence electrons. The molecule has 1 saturated heterocycles. The largest absolute Gasteiger partial charge is 0.507 e. The maximum atomic E-state index is 13.4. The molecule has 38 heavy (non-hydrogen) atoms. The van der Waals surface area contributed by atoms with Crippen LogP contribution in [0.5, 0.6) is 5.75 Å². The van der Waals surface area contributed by atoms with Gasteiger partial charge in [0.25, 0.3) is 5.78 Å². The lowest BCUT2D eigenvalue weighted by Crippen LogP contribution is -2.29. The summed E-state index contributed by atoms with van der Waals surface area (Å²) in [6, 6.07) is 13.2. The quantitative estimate of drug-likeness (QED) is 0.123. The normalized spacial score (nSPS) is 16.6. The summed E-state index contributed by atoms with van der Waals surface area (Å²) >= 11 is 0.960. The number of hydrogen-bond donors (Lipinski definition) is 1. The first-order valence-corrected chi connectivity index (χ1v) is 13.2. The van der Waals surface area contributed by atoms with Gasteiger partial charge in [-0.2, -0.15) is 0 Å². The number of carbonyl (C=O) groups excluding carboxylic acids is 3. The number of nitrogens with zero attached hydrogens (tertiary/aromatic N) is 2. The molecule has 9 heteroatoms. The van der Waals surface area contributed by atoms with Gasteiger partial charge in [0.05, 0.1) is 31.0 Å². The molecule has 0 radical (unpaired) electrons. The van der Waals surface area contributed by atoms with Crippen molar-refractivity contribution >= 4 is 39.9 Å². The van der Waals surface area contributed by atoms with Gasteiger partial charge in [-0.3, -0.25) is 14.5 Å². The lowest BCUT2D eigenvalue weighted by atomic mass is 9.95. The van der Waals surface area contributed by atoms with Crippen LogP contribution in [-0.2, 0) is 14.3 Å². The summed E-state index contributed by atoms with van der Waals surface area (Å²) in [6.07, 6.45) is 3.02. The van der Waals surface area contributed by atoms with Gasteiger partial charge in [-0.15, -0.1) is 0 Å². The number of methoxy groups -OCH3 is 1. The van der Waals surface area contributed by atoms with E-state index in [-0.39, 0.29) is 21.3 Å². The van der Waals surface area contributed by atoms with Gasteiger partial charge in [-0.05, 0) is 38.0 Å². The number of Topliss-reactive ketones (excluding diaryl/α,β-unsaturated/α-hetero) is 1. The number of ketones is 1. The number of esters is 1. The number of amides is 1. The number of ether oxygens (including phenoxy) is 2. The summed E-state index contributed by atoms with van der Waals surface area (Å²) in [5.41, 5.74) is 2.29. The first-order valence-electron chi connectivity index (χ1n) is 12.4. The van der Waals surface area contributed by atoms with Crippen molar-refractivity contribution in [3.8, 4) is 5.75 Å². The number of anilines is 1. The van der Waals surface area contributed by atoms with Crippen molar-refractivity contribution in [3.05, 3.63) is 81.4 Å². The van der Waals surface area contributed by atoms with Crippen LogP contribution in [0.15, 0.2) is 54.1 Å². The number of aryl methyl sites for hydroxylation is 2. The van der Waals surface area contributed by atoms with Crippen LogP contribution in [-0.4, -0.2) is 41.5 Å². The highest BCUT2D eigenvalue weighted by atomic mass is 32.1. The van der Waals surface area contributed by atoms with Gasteiger partial charge < -0.3 is 14.6 Å². The molecular weight excluding hydrogens is 504 g/mol. The molecule has 0 saturated carbocycles. The Balaban J connectivity index is 1.85. The predicted molar refractivity (Wildman–Crippen MR) is 146 cm³/mol. The van der Waals surface area contributed by atoms with Crippen molar-refractivity contribution in [3.63, 3.8) is 0 Å². The second-order valence-electron chi connectivity index (χ2n) is 9.07. The van der Waals surface area contributed by atoms with Crippen LogP contribution < -0.4 is 9.64 Å². The molecule has 0 spiro atoms. The fourth-order valence-corrected chi connectivity index (χ4v) is 5.31. The van der Waals surface area contributed by atoms with Crippen molar-refractivity contribution in [1.29, 1.82) is 0 Å². The number of thiazole rings is 1. The molecule has 1 unspecified atom stereocenters. The molecule has 4 rings (SSSR count). The Morgan fingerprint density at radius 3 is 2.53 bits per heavy atom. The molecule has 1 aliphatic rings. The minimum atomic E-state index is -0.980. The lowest BCUT2D eigenvalue weighted by molar-refractivity contribution is -0.132.